The summed E-state index contributed by atoms with van der Waals surface area (Å²) < 4.78 is 1.10. The number of hydrogen-bond acceptors (Lipinski definition) is 3. The standard InChI is InChI=1S/C17H16N2OS/c1-12-7-9-14-15(11-12)21-17(18-14)19-16(20)10-8-13-5-3-2-4-6-13/h2-7,9,11H,8,10H2,1H3,(H,18,19,20). The molecule has 0 atom stereocenters. The third kappa shape index (κ3) is 3.47. The molecule has 0 aliphatic heterocycles. The summed E-state index contributed by atoms with van der Waals surface area (Å²) >= 11 is 1.52. The molecule has 0 aliphatic carbocycles. The molecular formula is C17H16N2OS. The molecular weight excluding hydrogens is 280 g/mol. The van der Waals surface area contributed by atoms with E-state index in [-0.39, 0.29) is 5.91 Å². The lowest BCUT2D eigenvalue weighted by atomic mass is 10.1. The Hall–Kier alpha value is -2.20. The van der Waals surface area contributed by atoms with E-state index in [2.05, 4.69) is 23.3 Å². The molecule has 106 valence electrons. The van der Waals surface area contributed by atoms with Gasteiger partial charge in [-0.25, -0.2) is 4.98 Å². The van der Waals surface area contributed by atoms with E-state index < -0.39 is 0 Å². The van der Waals surface area contributed by atoms with Crippen LogP contribution in [0.15, 0.2) is 48.5 Å². The van der Waals surface area contributed by atoms with E-state index >= 15 is 0 Å². The Balaban J connectivity index is 1.63. The molecule has 4 heteroatoms. The summed E-state index contributed by atoms with van der Waals surface area (Å²) in [5.41, 5.74) is 3.31. The Morgan fingerprint density at radius 2 is 2.00 bits per heavy atom. The van der Waals surface area contributed by atoms with Gasteiger partial charge in [-0.2, -0.15) is 0 Å². The number of carbonyl (C=O) groups is 1. The van der Waals surface area contributed by atoms with Crippen molar-refractivity contribution >= 4 is 32.6 Å². The monoisotopic (exact) mass is 296 g/mol. The molecule has 3 aromatic rings. The largest absolute Gasteiger partial charge is 0.302 e. The van der Waals surface area contributed by atoms with Crippen molar-refractivity contribution in [2.45, 2.75) is 19.8 Å². The predicted molar refractivity (Wildman–Crippen MR) is 87.7 cm³/mol. The van der Waals surface area contributed by atoms with E-state index in [1.54, 1.807) is 0 Å². The van der Waals surface area contributed by atoms with Gasteiger partial charge >= 0.3 is 0 Å². The molecule has 0 bridgehead atoms. The van der Waals surface area contributed by atoms with Crippen LogP contribution in [-0.2, 0) is 11.2 Å². The minimum Gasteiger partial charge on any atom is -0.302 e. The summed E-state index contributed by atoms with van der Waals surface area (Å²) in [4.78, 5) is 16.4. The summed E-state index contributed by atoms with van der Waals surface area (Å²) in [5, 5.41) is 3.56. The van der Waals surface area contributed by atoms with Crippen molar-refractivity contribution in [2.24, 2.45) is 0 Å². The molecule has 2 aromatic carbocycles. The molecule has 0 saturated carbocycles. The molecule has 1 amide bonds. The van der Waals surface area contributed by atoms with E-state index in [1.807, 2.05) is 42.5 Å². The fourth-order valence-corrected chi connectivity index (χ4v) is 3.15. The van der Waals surface area contributed by atoms with Crippen molar-refractivity contribution in [1.29, 1.82) is 0 Å². The zero-order valence-corrected chi connectivity index (χ0v) is 12.6. The second-order valence-corrected chi connectivity index (χ2v) is 6.05. The first-order chi connectivity index (χ1) is 10.2. The highest BCUT2D eigenvalue weighted by Crippen LogP contribution is 2.26. The Labute approximate surface area is 127 Å². The van der Waals surface area contributed by atoms with E-state index in [1.165, 1.54) is 22.5 Å². The van der Waals surface area contributed by atoms with E-state index in [9.17, 15) is 4.79 Å². The summed E-state index contributed by atoms with van der Waals surface area (Å²) in [6.45, 7) is 2.05. The van der Waals surface area contributed by atoms with Crippen LogP contribution < -0.4 is 5.32 Å². The molecule has 3 nitrogen and oxygen atoms in total. The zero-order chi connectivity index (χ0) is 14.7. The smallest absolute Gasteiger partial charge is 0.226 e. The van der Waals surface area contributed by atoms with Gasteiger partial charge in [0, 0.05) is 6.42 Å². The number of nitrogens with zero attached hydrogens (tertiary/aromatic N) is 1. The van der Waals surface area contributed by atoms with Crippen molar-refractivity contribution in [3.63, 3.8) is 0 Å². The van der Waals surface area contributed by atoms with Gasteiger partial charge in [0.2, 0.25) is 5.91 Å². The number of nitrogens with one attached hydrogen (secondary N) is 1. The van der Waals surface area contributed by atoms with Crippen molar-refractivity contribution < 1.29 is 4.79 Å². The Kier molecular flexibility index (Phi) is 3.97. The minimum absolute atomic E-state index is 0.00892. The van der Waals surface area contributed by atoms with Gasteiger partial charge in [0.15, 0.2) is 5.13 Å². The fraction of sp³-hybridized carbons (Fsp3) is 0.176. The van der Waals surface area contributed by atoms with Gasteiger partial charge in [0.05, 0.1) is 10.2 Å². The number of hydrogen-bond donors (Lipinski definition) is 1. The molecule has 0 spiro atoms. The number of benzene rings is 2. The first kappa shape index (κ1) is 13.8. The van der Waals surface area contributed by atoms with Gasteiger partial charge in [-0.3, -0.25) is 4.79 Å². The molecule has 3 rings (SSSR count). The summed E-state index contributed by atoms with van der Waals surface area (Å²) in [6.07, 6.45) is 1.22. The molecule has 0 aliphatic rings. The predicted octanol–water partition coefficient (Wildman–Crippen LogP) is 4.18. The molecule has 1 N–H and O–H groups in total. The zero-order valence-electron chi connectivity index (χ0n) is 11.8. The quantitative estimate of drug-likeness (QED) is 0.785. The molecule has 0 radical (unpaired) electrons. The average molecular weight is 296 g/mol. The number of carbonyl (C=O) groups excluding carboxylic acids is 1. The number of aromatic nitrogens is 1. The summed E-state index contributed by atoms with van der Waals surface area (Å²) in [6, 6.07) is 16.1. The summed E-state index contributed by atoms with van der Waals surface area (Å²) in [7, 11) is 0. The molecule has 0 fully saturated rings. The average Bonchev–Trinajstić information content (AvgIpc) is 2.87. The van der Waals surface area contributed by atoms with Gasteiger partial charge in [-0.1, -0.05) is 47.7 Å². The number of fused-ring (bicyclic) bond motifs is 1. The summed E-state index contributed by atoms with van der Waals surface area (Å²) in [5.74, 6) is 0.00892. The van der Waals surface area contributed by atoms with Gasteiger partial charge in [0.25, 0.3) is 0 Å². The van der Waals surface area contributed by atoms with Crippen LogP contribution >= 0.6 is 11.3 Å². The van der Waals surface area contributed by atoms with Crippen molar-refractivity contribution in [2.75, 3.05) is 5.32 Å². The first-order valence-electron chi connectivity index (χ1n) is 6.92. The third-order valence-corrected chi connectivity index (χ3v) is 4.21. The molecule has 0 saturated heterocycles. The lowest BCUT2D eigenvalue weighted by Crippen LogP contribution is -2.11. The van der Waals surface area contributed by atoms with Crippen LogP contribution in [0, 0.1) is 6.92 Å². The van der Waals surface area contributed by atoms with Gasteiger partial charge in [-0.15, -0.1) is 0 Å². The number of anilines is 1. The van der Waals surface area contributed by atoms with Crippen molar-refractivity contribution in [1.82, 2.24) is 4.98 Å². The van der Waals surface area contributed by atoms with Crippen LogP contribution in [0.4, 0.5) is 5.13 Å². The Morgan fingerprint density at radius 3 is 2.81 bits per heavy atom. The molecule has 1 aromatic heterocycles. The minimum atomic E-state index is 0.00892. The topological polar surface area (TPSA) is 42.0 Å². The second-order valence-electron chi connectivity index (χ2n) is 5.02. The molecule has 1 heterocycles. The van der Waals surface area contributed by atoms with E-state index in [0.717, 1.165) is 16.6 Å². The van der Waals surface area contributed by atoms with Crippen LogP contribution in [0.25, 0.3) is 10.2 Å². The second kappa shape index (κ2) is 6.06. The molecule has 0 unspecified atom stereocenters. The van der Waals surface area contributed by atoms with Crippen molar-refractivity contribution in [3.8, 4) is 0 Å². The highest BCUT2D eigenvalue weighted by molar-refractivity contribution is 7.22. The van der Waals surface area contributed by atoms with Crippen LogP contribution in [0.3, 0.4) is 0 Å². The number of thiazole rings is 1. The number of rotatable bonds is 4. The molecule has 21 heavy (non-hydrogen) atoms. The lowest BCUT2D eigenvalue weighted by Gasteiger charge is -2.01. The van der Waals surface area contributed by atoms with E-state index in [0.29, 0.717) is 11.6 Å². The van der Waals surface area contributed by atoms with Crippen LogP contribution in [0.2, 0.25) is 0 Å². The maximum Gasteiger partial charge on any atom is 0.226 e. The maximum atomic E-state index is 12.0. The Bertz CT molecular complexity index is 765. The van der Waals surface area contributed by atoms with Crippen LogP contribution in [0.1, 0.15) is 17.5 Å². The van der Waals surface area contributed by atoms with Crippen LogP contribution in [-0.4, -0.2) is 10.9 Å². The van der Waals surface area contributed by atoms with Crippen LogP contribution in [0.5, 0.6) is 0 Å². The lowest BCUT2D eigenvalue weighted by molar-refractivity contribution is -0.116. The van der Waals surface area contributed by atoms with Gasteiger partial charge < -0.3 is 5.32 Å². The van der Waals surface area contributed by atoms with Gasteiger partial charge in [0.1, 0.15) is 0 Å². The number of amides is 1. The van der Waals surface area contributed by atoms with Crippen molar-refractivity contribution in [3.05, 3.63) is 59.7 Å². The van der Waals surface area contributed by atoms with Gasteiger partial charge in [-0.05, 0) is 36.6 Å². The maximum absolute atomic E-state index is 12.0. The fourth-order valence-electron chi connectivity index (χ4n) is 2.17. The first-order valence-corrected chi connectivity index (χ1v) is 7.73. The highest BCUT2D eigenvalue weighted by atomic mass is 32.1. The normalized spacial score (nSPS) is 10.7. The third-order valence-electron chi connectivity index (χ3n) is 3.27. The number of aryl methyl sites for hydroxylation is 2. The highest BCUT2D eigenvalue weighted by Gasteiger charge is 2.08. The van der Waals surface area contributed by atoms with E-state index in [4.69, 9.17) is 0 Å². The SMILES string of the molecule is Cc1ccc2nc(NC(=O)CCc3ccccc3)sc2c1. The Morgan fingerprint density at radius 1 is 1.19 bits per heavy atom.